The van der Waals surface area contributed by atoms with Crippen LogP contribution in [0, 0.1) is 20.8 Å². The van der Waals surface area contributed by atoms with Gasteiger partial charge in [-0.3, -0.25) is 72.5 Å². The van der Waals surface area contributed by atoms with Crippen molar-refractivity contribution in [3.63, 3.8) is 0 Å². The van der Waals surface area contributed by atoms with E-state index in [1.165, 1.54) is 12.3 Å². The minimum absolute atomic E-state index is 0.00673. The van der Waals surface area contributed by atoms with Gasteiger partial charge in [-0.1, -0.05) is 18.6 Å². The number of nitriles is 1. The third-order valence-corrected chi connectivity index (χ3v) is 17.0. The number of aryl methyl sites for hydroxylation is 1. The predicted octanol–water partition coefficient (Wildman–Crippen LogP) is 2.04. The average Bonchev–Trinajstić information content (AvgIpc) is 1.18. The number of carboxylic acids is 3. The molecule has 0 aliphatic carbocycles. The summed E-state index contributed by atoms with van der Waals surface area (Å²) >= 11 is 2.22. The van der Waals surface area contributed by atoms with Gasteiger partial charge < -0.3 is 55.9 Å². The molecule has 3 saturated heterocycles. The molecule has 30 heteroatoms. The van der Waals surface area contributed by atoms with Gasteiger partial charge in [0, 0.05) is 100.0 Å². The Labute approximate surface area is 545 Å². The zero-order chi connectivity index (χ0) is 66.7. The topological polar surface area (TPSA) is 354 Å². The number of rotatable bonds is 31. The summed E-state index contributed by atoms with van der Waals surface area (Å²) in [6.45, 7) is -0.585. The lowest BCUT2D eigenvalue weighted by Gasteiger charge is -2.35. The average molecular weight is 1400 g/mol. The quantitative estimate of drug-likeness (QED) is 0.0275. The van der Waals surface area contributed by atoms with Gasteiger partial charge in [-0.05, 0) is 122 Å². The number of hydrogen-bond donors (Lipinski definition) is 7. The second-order valence-corrected chi connectivity index (χ2v) is 24.5. The van der Waals surface area contributed by atoms with Crippen LogP contribution in [0.4, 0.5) is 8.78 Å². The third kappa shape index (κ3) is 25.1. The molecular weight excluding hydrogens is 1320 g/mol. The minimum Gasteiger partial charge on any atom is -0.494 e. The van der Waals surface area contributed by atoms with Crippen molar-refractivity contribution in [2.45, 2.75) is 101 Å². The molecule has 3 aromatic rings. The van der Waals surface area contributed by atoms with Crippen LogP contribution >= 0.6 is 22.6 Å². The Morgan fingerprint density at radius 2 is 1.35 bits per heavy atom. The summed E-state index contributed by atoms with van der Waals surface area (Å²) in [5, 5.41) is 49.5. The van der Waals surface area contributed by atoms with Gasteiger partial charge >= 0.3 is 23.9 Å². The zero-order valence-corrected chi connectivity index (χ0v) is 53.8. The van der Waals surface area contributed by atoms with E-state index in [0.717, 1.165) is 34.0 Å². The van der Waals surface area contributed by atoms with Crippen LogP contribution in [0.5, 0.6) is 5.75 Å². The first-order chi connectivity index (χ1) is 44.0. The number of hydrogen-bond acceptors (Lipinski definition) is 18. The Hall–Kier alpha value is -7.73. The van der Waals surface area contributed by atoms with Crippen molar-refractivity contribution < 1.29 is 81.5 Å². The Morgan fingerprint density at radius 3 is 1.93 bits per heavy atom. The van der Waals surface area contributed by atoms with Crippen LogP contribution in [0.25, 0.3) is 10.9 Å². The number of likely N-dealkylation sites (tertiary alicyclic amines) is 2. The van der Waals surface area contributed by atoms with Gasteiger partial charge in [0.05, 0.1) is 76.6 Å². The predicted molar refractivity (Wildman–Crippen MR) is 337 cm³/mol. The third-order valence-electron chi connectivity index (χ3n) is 16.3. The molecule has 4 heterocycles. The zero-order valence-electron chi connectivity index (χ0n) is 51.7. The van der Waals surface area contributed by atoms with Crippen LogP contribution in [-0.4, -0.2) is 258 Å². The number of carbonyl (C=O) groups excluding carboxylic acids is 7. The van der Waals surface area contributed by atoms with Crippen molar-refractivity contribution in [1.82, 2.24) is 55.7 Å². The fourth-order valence-electron chi connectivity index (χ4n) is 11.3. The summed E-state index contributed by atoms with van der Waals surface area (Å²) < 4.78 is 40.0. The summed E-state index contributed by atoms with van der Waals surface area (Å²) in [6.07, 6.45) is 5.38. The Morgan fingerprint density at radius 1 is 0.739 bits per heavy atom. The molecule has 2 aromatic carbocycles. The van der Waals surface area contributed by atoms with E-state index < -0.39 is 103 Å². The molecule has 3 aliphatic heterocycles. The number of methoxy groups -OCH3 is 1. The molecule has 6 rings (SSSR count). The minimum atomic E-state index is -3.20. The van der Waals surface area contributed by atoms with Crippen LogP contribution in [0.1, 0.15) is 86.6 Å². The maximum atomic E-state index is 14.4. The molecule has 0 radical (unpaired) electrons. The van der Waals surface area contributed by atoms with E-state index in [-0.39, 0.29) is 122 Å². The number of carboxylic acid groups (broad SMARTS) is 3. The van der Waals surface area contributed by atoms with Gasteiger partial charge in [0.2, 0.25) is 29.5 Å². The smallest absolute Gasteiger partial charge is 0.317 e. The van der Waals surface area contributed by atoms with Gasteiger partial charge in [-0.25, -0.2) is 8.78 Å². The second-order valence-electron chi connectivity index (χ2n) is 23.3. The number of aliphatic carboxylic acids is 3. The normalized spacial score (nSPS) is 17.8. The molecule has 0 spiro atoms. The Kier molecular flexibility index (Phi) is 29.6. The van der Waals surface area contributed by atoms with Crippen LogP contribution in [-0.2, 0) is 54.3 Å². The number of fused-ring (bicyclic) bond motifs is 1. The number of alkyl halides is 2. The fraction of sp³-hybridized carbons (Fsp3) is 0.581. The lowest BCUT2D eigenvalue weighted by molar-refractivity contribution is -0.147. The SMILES string of the molecule is COC(=O)C[C@H](NC(=O)[C@H](CCCNC(=O)CCCc1ccc(I)cc1)NC(=O)CN1CCN(CC(=O)O)CCN(CC(=O)O)CCN(CC(=O)O)CC1)C(=O)N1CCC(CCCCOc2ccc3nccc(C(=O)NCC(=O)N4CC(F)(F)C[C@@H]4C#N)c3c2)CC1. The molecule has 0 unspecified atom stereocenters. The van der Waals surface area contributed by atoms with Crippen LogP contribution in [0.15, 0.2) is 54.7 Å². The van der Waals surface area contributed by atoms with Crippen molar-refractivity contribution in [1.29, 1.82) is 5.26 Å². The number of unbranched alkanes of at least 4 members (excludes halogenated alkanes) is 1. The van der Waals surface area contributed by atoms with Gasteiger partial charge in [0.25, 0.3) is 11.8 Å². The number of carbonyl (C=O) groups is 10. The molecule has 502 valence electrons. The highest BCUT2D eigenvalue weighted by Gasteiger charge is 2.47. The molecule has 1 aromatic heterocycles. The summed E-state index contributed by atoms with van der Waals surface area (Å²) in [5.74, 6) is -10.2. The van der Waals surface area contributed by atoms with Gasteiger partial charge in [0.1, 0.15) is 23.9 Å². The molecule has 3 fully saturated rings. The Balaban J connectivity index is 1.04. The molecule has 27 nitrogen and oxygen atoms in total. The number of piperidine rings is 1. The number of ether oxygens (including phenoxy) is 2. The van der Waals surface area contributed by atoms with Crippen LogP contribution in [0.2, 0.25) is 0 Å². The first kappa shape index (κ1) is 73.3. The number of esters is 1. The summed E-state index contributed by atoms with van der Waals surface area (Å²) in [7, 11) is 1.15. The monoisotopic (exact) mass is 1400 g/mol. The Bertz CT molecular complexity index is 3050. The fourth-order valence-corrected chi connectivity index (χ4v) is 11.7. The van der Waals surface area contributed by atoms with E-state index in [4.69, 9.17) is 9.47 Å². The van der Waals surface area contributed by atoms with E-state index in [2.05, 4.69) is 48.8 Å². The van der Waals surface area contributed by atoms with Crippen LogP contribution < -0.4 is 26.0 Å². The number of nitrogens with zero attached hydrogens (tertiary/aromatic N) is 8. The van der Waals surface area contributed by atoms with Gasteiger partial charge in [0.15, 0.2) is 0 Å². The van der Waals surface area contributed by atoms with E-state index >= 15 is 0 Å². The number of nitrogens with one attached hydrogen (secondary N) is 4. The van der Waals surface area contributed by atoms with E-state index in [0.29, 0.717) is 68.5 Å². The molecule has 0 bridgehead atoms. The lowest BCUT2D eigenvalue weighted by Crippen LogP contribution is -2.57. The van der Waals surface area contributed by atoms with Gasteiger partial charge in [-0.15, -0.1) is 0 Å². The van der Waals surface area contributed by atoms with Crippen LogP contribution in [0.3, 0.4) is 0 Å². The molecule has 3 atom stereocenters. The number of aromatic nitrogens is 1. The number of pyridine rings is 1. The van der Waals surface area contributed by atoms with Crippen molar-refractivity contribution in [3.05, 3.63) is 69.4 Å². The highest BCUT2D eigenvalue weighted by molar-refractivity contribution is 14.1. The van der Waals surface area contributed by atoms with Crippen molar-refractivity contribution >= 4 is 92.8 Å². The first-order valence-corrected chi connectivity index (χ1v) is 31.9. The van der Waals surface area contributed by atoms with E-state index in [9.17, 15) is 77.3 Å². The maximum absolute atomic E-state index is 14.4. The van der Waals surface area contributed by atoms with Gasteiger partial charge in [-0.2, -0.15) is 5.26 Å². The van der Waals surface area contributed by atoms with E-state index in [1.54, 1.807) is 48.8 Å². The van der Waals surface area contributed by atoms with E-state index in [1.807, 2.05) is 24.3 Å². The highest BCUT2D eigenvalue weighted by atomic mass is 127. The largest absolute Gasteiger partial charge is 0.494 e. The summed E-state index contributed by atoms with van der Waals surface area (Å²) in [6, 6.07) is 12.2. The molecule has 7 N–H and O–H groups in total. The second kappa shape index (κ2) is 37.1. The lowest BCUT2D eigenvalue weighted by atomic mass is 9.91. The molecule has 3 aliphatic rings. The highest BCUT2D eigenvalue weighted by Crippen LogP contribution is 2.32. The molecule has 92 heavy (non-hydrogen) atoms. The first-order valence-electron chi connectivity index (χ1n) is 30.9. The number of benzene rings is 2. The van der Waals surface area contributed by atoms with Crippen molar-refractivity contribution in [2.24, 2.45) is 5.92 Å². The van der Waals surface area contributed by atoms with Crippen molar-refractivity contribution in [3.8, 4) is 11.8 Å². The maximum Gasteiger partial charge on any atom is 0.317 e. The molecular formula is C62H83F2IN12O15. The molecule has 6 amide bonds. The summed E-state index contributed by atoms with van der Waals surface area (Å²) in [5.41, 5.74) is 1.75. The van der Waals surface area contributed by atoms with Crippen molar-refractivity contribution in [2.75, 3.05) is 125 Å². The standard InChI is InChI=1S/C62H83F2IN12O15/c1-91-58(87)33-51(61(90)76-21-17-43(18-22-76)6-2-3-31-92-46-14-15-49-48(32-46)47(16-20-67-49)59(88)69-36-54(80)77-41-62(63,64)34-45(77)35-66)71-60(89)50(8-5-19-68-52(78)9-4-7-42-10-12-44(65)13-11-42)70-53(79)37-72-23-25-73(38-55(81)82)27-29-75(40-57(85)86)30-28-74(26-24-72)39-56(83)84/h10-16,20,32,43,45,50-51H,2-9,17-19,21-31,33-34,36-41H2,1H3,(H,68,78)(H,69,88)(H,70,79)(H,71,89)(H,81,82)(H,83,84)(H,85,86)/t45-,50+,51+/m1/s1. The number of amides is 6. The number of halogens is 3. The summed E-state index contributed by atoms with van der Waals surface area (Å²) in [4.78, 5) is 143. The molecule has 0 saturated carbocycles.